The Morgan fingerprint density at radius 2 is 2.38 bits per heavy atom. The first kappa shape index (κ1) is 11.9. The molecule has 6 heteroatoms. The minimum atomic E-state index is -1.14. The van der Waals surface area contributed by atoms with Gasteiger partial charge in [-0.25, -0.2) is 14.8 Å². The van der Waals surface area contributed by atoms with Crippen molar-refractivity contribution in [2.24, 2.45) is 0 Å². The summed E-state index contributed by atoms with van der Waals surface area (Å²) in [4.78, 5) is 18.0. The van der Waals surface area contributed by atoms with E-state index in [0.717, 1.165) is 6.33 Å². The SMILES string of the molecule is C#CCC(CO)Nc1cc(C(=O)O)ncn1. The Morgan fingerprint density at radius 1 is 1.62 bits per heavy atom. The number of hydrogen-bond donors (Lipinski definition) is 3. The zero-order valence-electron chi connectivity index (χ0n) is 8.42. The smallest absolute Gasteiger partial charge is 0.354 e. The normalized spacial score (nSPS) is 11.5. The molecule has 0 spiro atoms. The first-order valence-electron chi connectivity index (χ1n) is 4.53. The van der Waals surface area contributed by atoms with Crippen molar-refractivity contribution in [3.63, 3.8) is 0 Å². The fourth-order valence-corrected chi connectivity index (χ4v) is 1.07. The van der Waals surface area contributed by atoms with E-state index in [9.17, 15) is 4.79 Å². The van der Waals surface area contributed by atoms with Crippen LogP contribution in [0.4, 0.5) is 5.82 Å². The van der Waals surface area contributed by atoms with Gasteiger partial charge in [0.2, 0.25) is 0 Å². The van der Waals surface area contributed by atoms with Gasteiger partial charge >= 0.3 is 5.97 Å². The van der Waals surface area contributed by atoms with Gasteiger partial charge in [0, 0.05) is 12.5 Å². The summed E-state index contributed by atoms with van der Waals surface area (Å²) in [6.07, 6.45) is 6.57. The standard InChI is InChI=1S/C10H11N3O3/c1-2-3-7(5-14)13-9-4-8(10(15)16)11-6-12-9/h1,4,6-7,14H,3,5H2,(H,15,16)(H,11,12,13). The Hall–Kier alpha value is -2.13. The number of nitrogens with zero attached hydrogens (tertiary/aromatic N) is 2. The molecule has 6 nitrogen and oxygen atoms in total. The molecule has 0 saturated heterocycles. The van der Waals surface area contributed by atoms with E-state index in [1.165, 1.54) is 6.07 Å². The van der Waals surface area contributed by atoms with Gasteiger partial charge in [-0.1, -0.05) is 0 Å². The number of carboxylic acids is 1. The van der Waals surface area contributed by atoms with E-state index in [0.29, 0.717) is 12.2 Å². The van der Waals surface area contributed by atoms with Crippen LogP contribution in [0.25, 0.3) is 0 Å². The highest BCUT2D eigenvalue weighted by Gasteiger charge is 2.09. The zero-order valence-corrected chi connectivity index (χ0v) is 8.42. The minimum Gasteiger partial charge on any atom is -0.477 e. The molecule has 0 fully saturated rings. The van der Waals surface area contributed by atoms with Gasteiger partial charge in [-0.2, -0.15) is 0 Å². The Balaban J connectivity index is 2.77. The van der Waals surface area contributed by atoms with Gasteiger partial charge < -0.3 is 15.5 Å². The molecule has 0 radical (unpaired) electrons. The Labute approximate surface area is 92.4 Å². The second-order valence-electron chi connectivity index (χ2n) is 3.03. The number of carboxylic acid groups (broad SMARTS) is 1. The van der Waals surface area contributed by atoms with Gasteiger partial charge in [0.15, 0.2) is 5.69 Å². The van der Waals surface area contributed by atoms with Crippen molar-refractivity contribution in [1.29, 1.82) is 0 Å². The minimum absolute atomic E-state index is 0.116. The number of aliphatic hydroxyl groups is 1. The van der Waals surface area contributed by atoms with Crippen molar-refractivity contribution >= 4 is 11.8 Å². The summed E-state index contributed by atoms with van der Waals surface area (Å²) < 4.78 is 0. The lowest BCUT2D eigenvalue weighted by Crippen LogP contribution is -2.24. The number of anilines is 1. The molecule has 0 aromatic carbocycles. The largest absolute Gasteiger partial charge is 0.477 e. The maximum atomic E-state index is 10.6. The summed E-state index contributed by atoms with van der Waals surface area (Å²) in [5, 5.41) is 20.5. The number of terminal acetylenes is 1. The van der Waals surface area contributed by atoms with Crippen LogP contribution in [0.5, 0.6) is 0 Å². The summed E-state index contributed by atoms with van der Waals surface area (Å²) in [6.45, 7) is -0.156. The maximum absolute atomic E-state index is 10.6. The average Bonchev–Trinajstić information content (AvgIpc) is 2.29. The van der Waals surface area contributed by atoms with Crippen molar-refractivity contribution in [3.05, 3.63) is 18.1 Å². The highest BCUT2D eigenvalue weighted by Crippen LogP contribution is 2.07. The van der Waals surface area contributed by atoms with Crippen molar-refractivity contribution in [1.82, 2.24) is 9.97 Å². The molecule has 1 atom stereocenters. The first-order valence-corrected chi connectivity index (χ1v) is 4.53. The average molecular weight is 221 g/mol. The van der Waals surface area contributed by atoms with Gasteiger partial charge in [0.1, 0.15) is 12.1 Å². The van der Waals surface area contributed by atoms with Crippen molar-refractivity contribution in [2.45, 2.75) is 12.5 Å². The van der Waals surface area contributed by atoms with E-state index >= 15 is 0 Å². The van der Waals surface area contributed by atoms with Crippen molar-refractivity contribution in [2.75, 3.05) is 11.9 Å². The summed E-state index contributed by atoms with van der Waals surface area (Å²) in [6, 6.07) is 0.933. The quantitative estimate of drug-likeness (QED) is 0.604. The van der Waals surface area contributed by atoms with Crippen LogP contribution in [0, 0.1) is 12.3 Å². The summed E-state index contributed by atoms with van der Waals surface area (Å²) in [5.41, 5.74) is -0.116. The third kappa shape index (κ3) is 3.22. The van der Waals surface area contributed by atoms with Crippen LogP contribution in [0.2, 0.25) is 0 Å². The lowest BCUT2D eigenvalue weighted by molar-refractivity contribution is 0.0690. The van der Waals surface area contributed by atoms with Gasteiger partial charge in [0.05, 0.1) is 12.6 Å². The lowest BCUT2D eigenvalue weighted by atomic mass is 10.2. The molecule has 1 unspecified atom stereocenters. The molecule has 1 heterocycles. The van der Waals surface area contributed by atoms with E-state index in [-0.39, 0.29) is 18.3 Å². The molecule has 0 bridgehead atoms. The third-order valence-electron chi connectivity index (χ3n) is 1.82. The summed E-state index contributed by atoms with van der Waals surface area (Å²) in [5.74, 6) is 1.58. The number of rotatable bonds is 5. The molecular weight excluding hydrogens is 210 g/mol. The molecule has 0 aliphatic heterocycles. The number of hydrogen-bond acceptors (Lipinski definition) is 5. The highest BCUT2D eigenvalue weighted by atomic mass is 16.4. The van der Waals surface area contributed by atoms with E-state index < -0.39 is 5.97 Å². The van der Waals surface area contributed by atoms with Crippen LogP contribution in [-0.4, -0.2) is 38.8 Å². The zero-order chi connectivity index (χ0) is 12.0. The number of aromatic nitrogens is 2. The second-order valence-corrected chi connectivity index (χ2v) is 3.03. The lowest BCUT2D eigenvalue weighted by Gasteiger charge is -2.13. The fraction of sp³-hybridized carbons (Fsp3) is 0.300. The Kier molecular flexibility index (Phi) is 4.24. The van der Waals surface area contributed by atoms with Crippen LogP contribution in [0.3, 0.4) is 0 Å². The van der Waals surface area contributed by atoms with Gasteiger partial charge in [0.25, 0.3) is 0 Å². The van der Waals surface area contributed by atoms with Gasteiger partial charge in [-0.05, 0) is 0 Å². The molecule has 0 amide bonds. The number of carbonyl (C=O) groups is 1. The predicted octanol–water partition coefficient (Wildman–Crippen LogP) is -0.0291. The number of aromatic carboxylic acids is 1. The monoisotopic (exact) mass is 221 g/mol. The van der Waals surface area contributed by atoms with Crippen LogP contribution < -0.4 is 5.32 Å². The molecule has 84 valence electrons. The van der Waals surface area contributed by atoms with Crippen LogP contribution in [0.15, 0.2) is 12.4 Å². The van der Waals surface area contributed by atoms with Crippen molar-refractivity contribution in [3.8, 4) is 12.3 Å². The van der Waals surface area contributed by atoms with Crippen LogP contribution >= 0.6 is 0 Å². The van der Waals surface area contributed by atoms with Crippen molar-refractivity contribution < 1.29 is 15.0 Å². The molecule has 0 saturated carbocycles. The van der Waals surface area contributed by atoms with Gasteiger partial charge in [-0.3, -0.25) is 0 Å². The van der Waals surface area contributed by atoms with E-state index in [1.807, 2.05) is 0 Å². The molecule has 3 N–H and O–H groups in total. The summed E-state index contributed by atoms with van der Waals surface area (Å²) in [7, 11) is 0. The third-order valence-corrected chi connectivity index (χ3v) is 1.82. The highest BCUT2D eigenvalue weighted by molar-refractivity contribution is 5.86. The molecule has 1 aromatic heterocycles. The Morgan fingerprint density at radius 3 is 2.94 bits per heavy atom. The molecule has 0 aliphatic carbocycles. The molecule has 1 rings (SSSR count). The number of nitrogens with one attached hydrogen (secondary N) is 1. The number of aliphatic hydroxyl groups excluding tert-OH is 1. The molecule has 16 heavy (non-hydrogen) atoms. The van der Waals surface area contributed by atoms with E-state index in [2.05, 4.69) is 21.2 Å². The molecule has 1 aromatic rings. The van der Waals surface area contributed by atoms with Crippen LogP contribution in [-0.2, 0) is 0 Å². The first-order chi connectivity index (χ1) is 7.67. The topological polar surface area (TPSA) is 95.3 Å². The second kappa shape index (κ2) is 5.68. The van der Waals surface area contributed by atoms with E-state index in [1.54, 1.807) is 0 Å². The van der Waals surface area contributed by atoms with Crippen LogP contribution in [0.1, 0.15) is 16.9 Å². The fourth-order valence-electron chi connectivity index (χ4n) is 1.07. The summed E-state index contributed by atoms with van der Waals surface area (Å²) >= 11 is 0. The maximum Gasteiger partial charge on any atom is 0.354 e. The van der Waals surface area contributed by atoms with E-state index in [4.69, 9.17) is 16.6 Å². The Bertz CT molecular complexity index is 414. The molecule has 0 aliphatic rings. The van der Waals surface area contributed by atoms with Gasteiger partial charge in [-0.15, -0.1) is 12.3 Å². The predicted molar refractivity (Wildman–Crippen MR) is 56.9 cm³/mol. The molecular formula is C10H11N3O3.